The fourth-order valence-corrected chi connectivity index (χ4v) is 2.09. The molecule has 1 aromatic heterocycles. The first-order chi connectivity index (χ1) is 10.1. The van der Waals surface area contributed by atoms with Gasteiger partial charge < -0.3 is 19.4 Å². The Morgan fingerprint density at radius 1 is 1.29 bits per heavy atom. The van der Waals surface area contributed by atoms with Gasteiger partial charge in [-0.2, -0.15) is 0 Å². The fraction of sp³-hybridized carbons (Fsp3) is 0.438. The lowest BCUT2D eigenvalue weighted by atomic mass is 10.2. The van der Waals surface area contributed by atoms with Crippen LogP contribution in [0.4, 0.5) is 0 Å². The molecule has 5 heteroatoms. The summed E-state index contributed by atoms with van der Waals surface area (Å²) in [6.07, 6.45) is 0.978. The van der Waals surface area contributed by atoms with Crippen molar-refractivity contribution in [2.24, 2.45) is 0 Å². The summed E-state index contributed by atoms with van der Waals surface area (Å²) < 4.78 is 10.7. The summed E-state index contributed by atoms with van der Waals surface area (Å²) in [7, 11) is 4.09. The number of hydrogen-bond donors (Lipinski definition) is 1. The predicted octanol–water partition coefficient (Wildman–Crippen LogP) is 2.68. The number of carbonyl (C=O) groups excluding carboxylic acids is 1. The van der Waals surface area contributed by atoms with Crippen LogP contribution in [-0.4, -0.2) is 49.7 Å². The SMILES string of the molecule is CCOC(=O)c1cc2cc(OCCCN(C)C)ccc2[nH]1. The molecule has 1 N–H and O–H groups in total. The monoisotopic (exact) mass is 290 g/mol. The second-order valence-electron chi connectivity index (χ2n) is 5.16. The summed E-state index contributed by atoms with van der Waals surface area (Å²) in [5.74, 6) is 0.484. The highest BCUT2D eigenvalue weighted by Gasteiger charge is 2.10. The van der Waals surface area contributed by atoms with Crippen LogP contribution >= 0.6 is 0 Å². The molecule has 1 aromatic carbocycles. The number of hydrogen-bond acceptors (Lipinski definition) is 4. The molecule has 0 fully saturated rings. The van der Waals surface area contributed by atoms with E-state index in [0.717, 1.165) is 29.6 Å². The molecule has 21 heavy (non-hydrogen) atoms. The lowest BCUT2D eigenvalue weighted by molar-refractivity contribution is 0.0520. The van der Waals surface area contributed by atoms with Gasteiger partial charge in [0.2, 0.25) is 0 Å². The number of rotatable bonds is 7. The molecule has 114 valence electrons. The van der Waals surface area contributed by atoms with Crippen LogP contribution in [0.5, 0.6) is 5.75 Å². The maximum atomic E-state index is 11.7. The zero-order chi connectivity index (χ0) is 15.2. The smallest absolute Gasteiger partial charge is 0.354 e. The Morgan fingerprint density at radius 3 is 2.81 bits per heavy atom. The van der Waals surface area contributed by atoms with Crippen molar-refractivity contribution in [3.8, 4) is 5.75 Å². The zero-order valence-corrected chi connectivity index (χ0v) is 12.8. The number of ether oxygens (including phenoxy) is 2. The van der Waals surface area contributed by atoms with Crippen molar-refractivity contribution in [1.29, 1.82) is 0 Å². The van der Waals surface area contributed by atoms with Crippen LogP contribution in [0.25, 0.3) is 10.9 Å². The van der Waals surface area contributed by atoms with E-state index in [4.69, 9.17) is 9.47 Å². The molecule has 1 heterocycles. The van der Waals surface area contributed by atoms with E-state index in [2.05, 4.69) is 9.88 Å². The quantitative estimate of drug-likeness (QED) is 0.629. The molecule has 0 saturated carbocycles. The summed E-state index contributed by atoms with van der Waals surface area (Å²) in [6.45, 7) is 3.84. The van der Waals surface area contributed by atoms with Gasteiger partial charge in [0.1, 0.15) is 11.4 Å². The van der Waals surface area contributed by atoms with Crippen molar-refractivity contribution in [2.45, 2.75) is 13.3 Å². The van der Waals surface area contributed by atoms with Gasteiger partial charge in [0.15, 0.2) is 0 Å². The first kappa shape index (κ1) is 15.4. The number of nitrogens with one attached hydrogen (secondary N) is 1. The van der Waals surface area contributed by atoms with Gasteiger partial charge in [-0.15, -0.1) is 0 Å². The number of H-pyrrole nitrogens is 1. The second kappa shape index (κ2) is 7.13. The van der Waals surface area contributed by atoms with Crippen LogP contribution in [0.1, 0.15) is 23.8 Å². The van der Waals surface area contributed by atoms with Gasteiger partial charge in [-0.25, -0.2) is 4.79 Å². The Kier molecular flexibility index (Phi) is 5.22. The van der Waals surface area contributed by atoms with Gasteiger partial charge in [0.25, 0.3) is 0 Å². The van der Waals surface area contributed by atoms with Crippen LogP contribution in [0.2, 0.25) is 0 Å². The predicted molar refractivity (Wildman–Crippen MR) is 82.9 cm³/mol. The molecule has 2 rings (SSSR count). The Balaban J connectivity index is 2.02. The molecule has 0 atom stereocenters. The normalized spacial score (nSPS) is 11.0. The summed E-state index contributed by atoms with van der Waals surface area (Å²) in [5.41, 5.74) is 1.37. The number of esters is 1. The van der Waals surface area contributed by atoms with Gasteiger partial charge in [0.05, 0.1) is 13.2 Å². The number of benzene rings is 1. The van der Waals surface area contributed by atoms with Crippen LogP contribution in [0.15, 0.2) is 24.3 Å². The Morgan fingerprint density at radius 2 is 2.10 bits per heavy atom. The first-order valence-corrected chi connectivity index (χ1v) is 7.17. The molecule has 0 saturated heterocycles. The van der Waals surface area contributed by atoms with Crippen molar-refractivity contribution in [3.05, 3.63) is 30.0 Å². The van der Waals surface area contributed by atoms with Gasteiger partial charge >= 0.3 is 5.97 Å². The molecule has 0 unspecified atom stereocenters. The standard InChI is InChI=1S/C16H22N2O3/c1-4-20-16(19)15-11-12-10-13(6-7-14(12)17-15)21-9-5-8-18(2)3/h6-7,10-11,17H,4-5,8-9H2,1-3H3. The van der Waals surface area contributed by atoms with E-state index in [1.54, 1.807) is 13.0 Å². The fourth-order valence-electron chi connectivity index (χ4n) is 2.09. The maximum Gasteiger partial charge on any atom is 0.354 e. The minimum atomic E-state index is -0.331. The lowest BCUT2D eigenvalue weighted by Crippen LogP contribution is -2.15. The minimum Gasteiger partial charge on any atom is -0.494 e. The highest BCUT2D eigenvalue weighted by Crippen LogP contribution is 2.22. The summed E-state index contributed by atoms with van der Waals surface area (Å²) in [6, 6.07) is 7.55. The molecule has 0 spiro atoms. The van der Waals surface area contributed by atoms with Gasteiger partial charge in [0, 0.05) is 17.4 Å². The number of nitrogens with zero attached hydrogens (tertiary/aromatic N) is 1. The molecule has 2 aromatic rings. The molecular formula is C16H22N2O3. The molecule has 0 aliphatic carbocycles. The van der Waals surface area contributed by atoms with Gasteiger partial charge in [-0.1, -0.05) is 0 Å². The van der Waals surface area contributed by atoms with Crippen molar-refractivity contribution in [2.75, 3.05) is 33.9 Å². The molecule has 0 aliphatic rings. The average molecular weight is 290 g/mol. The topological polar surface area (TPSA) is 54.6 Å². The molecule has 0 bridgehead atoms. The van der Waals surface area contributed by atoms with Gasteiger partial charge in [-0.3, -0.25) is 0 Å². The summed E-state index contributed by atoms with van der Waals surface area (Å²) >= 11 is 0. The van der Waals surface area contributed by atoms with E-state index < -0.39 is 0 Å². The maximum absolute atomic E-state index is 11.7. The minimum absolute atomic E-state index is 0.331. The average Bonchev–Trinajstić information content (AvgIpc) is 2.87. The van der Waals surface area contributed by atoms with Crippen LogP contribution in [0.3, 0.4) is 0 Å². The summed E-state index contributed by atoms with van der Waals surface area (Å²) in [5, 5.41) is 0.947. The van der Waals surface area contributed by atoms with E-state index in [9.17, 15) is 4.79 Å². The highest BCUT2D eigenvalue weighted by atomic mass is 16.5. The second-order valence-corrected chi connectivity index (χ2v) is 5.16. The van der Waals surface area contributed by atoms with E-state index >= 15 is 0 Å². The van der Waals surface area contributed by atoms with E-state index in [-0.39, 0.29) is 5.97 Å². The molecule has 0 aliphatic heterocycles. The molecular weight excluding hydrogens is 268 g/mol. The van der Waals surface area contributed by atoms with E-state index in [1.165, 1.54) is 0 Å². The van der Waals surface area contributed by atoms with Crippen molar-refractivity contribution >= 4 is 16.9 Å². The number of carbonyl (C=O) groups is 1. The van der Waals surface area contributed by atoms with Crippen molar-refractivity contribution in [1.82, 2.24) is 9.88 Å². The van der Waals surface area contributed by atoms with Crippen LogP contribution in [-0.2, 0) is 4.74 Å². The van der Waals surface area contributed by atoms with Crippen molar-refractivity contribution < 1.29 is 14.3 Å². The lowest BCUT2D eigenvalue weighted by Gasteiger charge is -2.10. The van der Waals surface area contributed by atoms with Crippen molar-refractivity contribution in [3.63, 3.8) is 0 Å². The largest absolute Gasteiger partial charge is 0.494 e. The molecule has 0 radical (unpaired) electrons. The molecule has 5 nitrogen and oxygen atoms in total. The number of fused-ring (bicyclic) bond motifs is 1. The Bertz CT molecular complexity index is 605. The van der Waals surface area contributed by atoms with Gasteiger partial charge in [-0.05, 0) is 51.7 Å². The van der Waals surface area contributed by atoms with Crippen LogP contribution < -0.4 is 4.74 Å². The van der Waals surface area contributed by atoms with E-state index in [1.807, 2.05) is 32.3 Å². The van der Waals surface area contributed by atoms with E-state index in [0.29, 0.717) is 18.9 Å². The van der Waals surface area contributed by atoms with Crippen LogP contribution in [0, 0.1) is 0 Å². The zero-order valence-electron chi connectivity index (χ0n) is 12.8. The first-order valence-electron chi connectivity index (χ1n) is 7.17. The number of aromatic amines is 1. The molecule has 0 amide bonds. The number of aromatic nitrogens is 1. The third-order valence-electron chi connectivity index (χ3n) is 3.11. The summed E-state index contributed by atoms with van der Waals surface area (Å²) in [4.78, 5) is 16.9. The highest BCUT2D eigenvalue weighted by molar-refractivity contribution is 5.95. The third-order valence-corrected chi connectivity index (χ3v) is 3.11. The third kappa shape index (κ3) is 4.23. The Labute approximate surface area is 124 Å². The Hall–Kier alpha value is -2.01.